The highest BCUT2D eigenvalue weighted by Crippen LogP contribution is 2.22. The van der Waals surface area contributed by atoms with E-state index in [4.69, 9.17) is 0 Å². The quantitative estimate of drug-likeness (QED) is 0.702. The molecule has 1 aliphatic rings. The molecule has 136 valence electrons. The van der Waals surface area contributed by atoms with Gasteiger partial charge >= 0.3 is 0 Å². The first-order valence-corrected chi connectivity index (χ1v) is 8.91. The third-order valence-corrected chi connectivity index (χ3v) is 4.78. The normalized spacial score (nSPS) is 14.3. The second-order valence-corrected chi connectivity index (χ2v) is 6.57. The number of nitrogens with zero attached hydrogens (tertiary/aromatic N) is 2. The molecule has 2 aromatic carbocycles. The van der Waals surface area contributed by atoms with Crippen molar-refractivity contribution in [1.82, 2.24) is 9.88 Å². The summed E-state index contributed by atoms with van der Waals surface area (Å²) in [6.07, 6.45) is 3.59. The number of hydrogen-bond acceptors (Lipinski definition) is 4. The van der Waals surface area contributed by atoms with E-state index in [0.717, 1.165) is 25.9 Å². The molecule has 6 nitrogen and oxygen atoms in total. The predicted molar refractivity (Wildman–Crippen MR) is 105 cm³/mol. The Morgan fingerprint density at radius 1 is 1.07 bits per heavy atom. The van der Waals surface area contributed by atoms with Gasteiger partial charge in [-0.1, -0.05) is 24.3 Å². The maximum Gasteiger partial charge on any atom is 0.258 e. The van der Waals surface area contributed by atoms with Gasteiger partial charge in [0.15, 0.2) is 0 Å². The van der Waals surface area contributed by atoms with Crippen molar-refractivity contribution in [1.29, 1.82) is 0 Å². The number of fused-ring (bicyclic) bond motifs is 1. The molecule has 0 saturated carbocycles. The fraction of sp³-hybridized carbons (Fsp3) is 0.190. The van der Waals surface area contributed by atoms with Gasteiger partial charge in [-0.2, -0.15) is 0 Å². The van der Waals surface area contributed by atoms with Crippen molar-refractivity contribution in [2.24, 2.45) is 4.99 Å². The second-order valence-electron chi connectivity index (χ2n) is 6.57. The van der Waals surface area contributed by atoms with Crippen LogP contribution in [0.25, 0.3) is 10.8 Å². The number of hydrogen-bond donors (Lipinski definition) is 2. The van der Waals surface area contributed by atoms with Crippen LogP contribution in [0.5, 0.6) is 5.88 Å². The number of aromatic nitrogens is 1. The number of aromatic hydroxyl groups is 1. The molecular weight excluding hydrogens is 342 g/mol. The summed E-state index contributed by atoms with van der Waals surface area (Å²) < 4.78 is 0. The van der Waals surface area contributed by atoms with Crippen LogP contribution in [0.3, 0.4) is 0 Å². The van der Waals surface area contributed by atoms with Crippen molar-refractivity contribution in [3.8, 4) is 5.88 Å². The average Bonchev–Trinajstić information content (AvgIpc) is 3.22. The molecule has 0 spiro atoms. The van der Waals surface area contributed by atoms with Gasteiger partial charge in [0.2, 0.25) is 5.88 Å². The van der Waals surface area contributed by atoms with Crippen LogP contribution in [0, 0.1) is 0 Å². The predicted octanol–water partition coefficient (Wildman–Crippen LogP) is 3.22. The number of carbonyl (C=O) groups is 1. The summed E-state index contributed by atoms with van der Waals surface area (Å²) in [5.41, 5.74) is 1.29. The Morgan fingerprint density at radius 3 is 2.59 bits per heavy atom. The minimum Gasteiger partial charge on any atom is -0.494 e. The summed E-state index contributed by atoms with van der Waals surface area (Å²) in [5.74, 6) is -0.214. The maximum absolute atomic E-state index is 12.5. The molecule has 1 saturated heterocycles. The smallest absolute Gasteiger partial charge is 0.258 e. The monoisotopic (exact) mass is 361 g/mol. The van der Waals surface area contributed by atoms with Gasteiger partial charge in [-0.05, 0) is 37.1 Å². The zero-order chi connectivity index (χ0) is 18.8. The van der Waals surface area contributed by atoms with Crippen LogP contribution in [0.2, 0.25) is 0 Å². The van der Waals surface area contributed by atoms with E-state index in [9.17, 15) is 14.7 Å². The maximum atomic E-state index is 12.5. The molecule has 1 aliphatic heterocycles. The summed E-state index contributed by atoms with van der Waals surface area (Å²) >= 11 is 0. The van der Waals surface area contributed by atoms with Crippen LogP contribution in [0.4, 0.5) is 5.69 Å². The fourth-order valence-corrected chi connectivity index (χ4v) is 3.38. The Bertz CT molecular complexity index is 1100. The van der Waals surface area contributed by atoms with Gasteiger partial charge in [0.05, 0.1) is 11.3 Å². The number of benzene rings is 2. The Kier molecular flexibility index (Phi) is 4.46. The lowest BCUT2D eigenvalue weighted by Crippen LogP contribution is -2.27. The number of aliphatic imine (C=N–C) groups is 1. The molecule has 3 aromatic rings. The third kappa shape index (κ3) is 3.33. The number of aromatic amines is 1. The highest BCUT2D eigenvalue weighted by molar-refractivity contribution is 6.02. The van der Waals surface area contributed by atoms with Crippen molar-refractivity contribution >= 4 is 28.6 Å². The topological polar surface area (TPSA) is 85.8 Å². The van der Waals surface area contributed by atoms with Gasteiger partial charge in [0.25, 0.3) is 11.5 Å². The van der Waals surface area contributed by atoms with Gasteiger partial charge < -0.3 is 10.0 Å². The Balaban J connectivity index is 1.68. The first kappa shape index (κ1) is 17.0. The number of H-pyrrole nitrogens is 1. The number of rotatable bonds is 3. The molecule has 0 radical (unpaired) electrons. The second kappa shape index (κ2) is 7.07. The van der Waals surface area contributed by atoms with E-state index >= 15 is 0 Å². The van der Waals surface area contributed by atoms with Crippen molar-refractivity contribution in [3.05, 3.63) is 70.0 Å². The largest absolute Gasteiger partial charge is 0.494 e. The Morgan fingerprint density at radius 2 is 1.81 bits per heavy atom. The number of carbonyl (C=O) groups excluding carboxylic acids is 1. The van der Waals surface area contributed by atoms with Crippen molar-refractivity contribution in [3.63, 3.8) is 0 Å². The van der Waals surface area contributed by atoms with Gasteiger partial charge in [-0.25, -0.2) is 0 Å². The minimum absolute atomic E-state index is 0.0156. The first-order chi connectivity index (χ1) is 13.1. The average molecular weight is 361 g/mol. The molecule has 1 aromatic heterocycles. The highest BCUT2D eigenvalue weighted by atomic mass is 16.3. The minimum atomic E-state index is -0.349. The lowest BCUT2D eigenvalue weighted by atomic mass is 10.1. The lowest BCUT2D eigenvalue weighted by molar-refractivity contribution is 0.0793. The van der Waals surface area contributed by atoms with Crippen molar-refractivity contribution in [2.75, 3.05) is 13.1 Å². The molecule has 4 rings (SSSR count). The standard InChI is InChI=1S/C21H19N3O3/c25-19-17-9-2-1-8-16(17)18(20(26)23-19)13-22-15-7-5-6-14(12-15)21(27)24-10-3-4-11-24/h1-2,5-9,12-13H,3-4,10-11H2,(H2,23,25,26). The van der Waals surface area contributed by atoms with Crippen LogP contribution in [0.15, 0.2) is 58.3 Å². The van der Waals surface area contributed by atoms with Gasteiger partial charge in [-0.3, -0.25) is 19.6 Å². The molecule has 2 N–H and O–H groups in total. The summed E-state index contributed by atoms with van der Waals surface area (Å²) in [6.45, 7) is 1.59. The number of pyridine rings is 1. The summed E-state index contributed by atoms with van der Waals surface area (Å²) in [7, 11) is 0. The highest BCUT2D eigenvalue weighted by Gasteiger charge is 2.19. The number of nitrogens with one attached hydrogen (secondary N) is 1. The summed E-state index contributed by atoms with van der Waals surface area (Å²) in [5, 5.41) is 11.2. The summed E-state index contributed by atoms with van der Waals surface area (Å²) in [6, 6.07) is 14.1. The van der Waals surface area contributed by atoms with Crippen LogP contribution < -0.4 is 5.56 Å². The first-order valence-electron chi connectivity index (χ1n) is 8.91. The van der Waals surface area contributed by atoms with Gasteiger partial charge in [0, 0.05) is 35.6 Å². The molecule has 1 amide bonds. The molecule has 0 aliphatic carbocycles. The van der Waals surface area contributed by atoms with E-state index in [1.165, 1.54) is 6.21 Å². The molecule has 0 unspecified atom stereocenters. The Labute approximate surface area is 155 Å². The zero-order valence-corrected chi connectivity index (χ0v) is 14.7. The zero-order valence-electron chi connectivity index (χ0n) is 14.7. The lowest BCUT2D eigenvalue weighted by Gasteiger charge is -2.15. The van der Waals surface area contributed by atoms with Crippen LogP contribution in [0.1, 0.15) is 28.8 Å². The Hall–Kier alpha value is -3.41. The fourth-order valence-electron chi connectivity index (χ4n) is 3.38. The van der Waals surface area contributed by atoms with Gasteiger partial charge in [0.1, 0.15) is 0 Å². The van der Waals surface area contributed by atoms with Crippen LogP contribution >= 0.6 is 0 Å². The van der Waals surface area contributed by atoms with Crippen molar-refractivity contribution < 1.29 is 9.90 Å². The molecule has 27 heavy (non-hydrogen) atoms. The van der Waals surface area contributed by atoms with Gasteiger partial charge in [-0.15, -0.1) is 0 Å². The number of likely N-dealkylation sites (tertiary alicyclic amines) is 1. The van der Waals surface area contributed by atoms with E-state index in [1.54, 1.807) is 48.5 Å². The van der Waals surface area contributed by atoms with E-state index in [1.807, 2.05) is 4.90 Å². The molecule has 2 heterocycles. The van der Waals surface area contributed by atoms with Crippen molar-refractivity contribution in [2.45, 2.75) is 12.8 Å². The summed E-state index contributed by atoms with van der Waals surface area (Å²) in [4.78, 5) is 33.2. The van der Waals surface area contributed by atoms with E-state index in [0.29, 0.717) is 27.6 Å². The van der Waals surface area contributed by atoms with E-state index in [2.05, 4.69) is 9.98 Å². The molecular formula is C21H19N3O3. The number of amides is 1. The van der Waals surface area contributed by atoms with Crippen LogP contribution in [-0.2, 0) is 0 Å². The van der Waals surface area contributed by atoms with E-state index in [-0.39, 0.29) is 17.3 Å². The van der Waals surface area contributed by atoms with Crippen LogP contribution in [-0.4, -0.2) is 40.2 Å². The SMILES string of the molecule is O=C(c1cccc(N=Cc2c(O)[nH]c(=O)c3ccccc23)c1)N1CCCC1. The molecule has 1 fully saturated rings. The molecule has 0 bridgehead atoms. The van der Waals surface area contributed by atoms with E-state index < -0.39 is 0 Å². The molecule has 0 atom stereocenters. The molecule has 6 heteroatoms. The third-order valence-electron chi connectivity index (χ3n) is 4.78.